The smallest absolute Gasteiger partial charge is 0.114 e. The van der Waals surface area contributed by atoms with Crippen LogP contribution in [0.5, 0.6) is 0 Å². The van der Waals surface area contributed by atoms with Crippen LogP contribution < -0.4 is 0 Å². The standard InChI is InChI=1S/C11H7BrCl2OS/c12-7-3-4-16-11(7)10(15)6-1-2-8(13)9(14)5-6/h1-5,10,15H. The molecule has 1 nitrogen and oxygen atoms in total. The van der Waals surface area contributed by atoms with E-state index in [1.54, 1.807) is 18.2 Å². The first kappa shape index (κ1) is 12.4. The van der Waals surface area contributed by atoms with Gasteiger partial charge in [0.25, 0.3) is 0 Å². The van der Waals surface area contributed by atoms with Crippen molar-refractivity contribution >= 4 is 50.5 Å². The molecule has 2 rings (SSSR count). The molecule has 0 aliphatic heterocycles. The third-order valence-electron chi connectivity index (χ3n) is 2.15. The lowest BCUT2D eigenvalue weighted by molar-refractivity contribution is 0.223. The van der Waals surface area contributed by atoms with Gasteiger partial charge in [-0.05, 0) is 45.1 Å². The van der Waals surface area contributed by atoms with Crippen LogP contribution in [0.2, 0.25) is 10.0 Å². The Morgan fingerprint density at radius 2 is 1.94 bits per heavy atom. The van der Waals surface area contributed by atoms with Crippen molar-refractivity contribution in [3.8, 4) is 0 Å². The van der Waals surface area contributed by atoms with Gasteiger partial charge in [0.1, 0.15) is 6.10 Å². The number of hydrogen-bond acceptors (Lipinski definition) is 2. The minimum absolute atomic E-state index is 0.450. The summed E-state index contributed by atoms with van der Waals surface area (Å²) in [7, 11) is 0. The average Bonchev–Trinajstić information content (AvgIpc) is 2.67. The fraction of sp³-hybridized carbons (Fsp3) is 0.0909. The minimum Gasteiger partial charge on any atom is -0.383 e. The van der Waals surface area contributed by atoms with Crippen LogP contribution in [0.3, 0.4) is 0 Å². The van der Waals surface area contributed by atoms with Gasteiger partial charge in [0.15, 0.2) is 0 Å². The first-order valence-corrected chi connectivity index (χ1v) is 6.88. The highest BCUT2D eigenvalue weighted by atomic mass is 79.9. The van der Waals surface area contributed by atoms with Crippen molar-refractivity contribution in [3.05, 3.63) is 54.6 Å². The van der Waals surface area contributed by atoms with Crippen molar-refractivity contribution in [2.24, 2.45) is 0 Å². The van der Waals surface area contributed by atoms with Crippen LogP contribution in [0.25, 0.3) is 0 Å². The van der Waals surface area contributed by atoms with Gasteiger partial charge in [0, 0.05) is 4.47 Å². The largest absolute Gasteiger partial charge is 0.383 e. The second-order valence-corrected chi connectivity index (χ2v) is 5.83. The number of aliphatic hydroxyl groups excluding tert-OH is 1. The van der Waals surface area contributed by atoms with Crippen molar-refractivity contribution in [2.45, 2.75) is 6.10 Å². The van der Waals surface area contributed by atoms with Crippen LogP contribution in [0.1, 0.15) is 16.5 Å². The Hall–Kier alpha value is -0.0600. The second kappa shape index (κ2) is 5.07. The molecule has 1 aromatic heterocycles. The van der Waals surface area contributed by atoms with E-state index >= 15 is 0 Å². The third kappa shape index (κ3) is 2.44. The van der Waals surface area contributed by atoms with E-state index in [9.17, 15) is 5.11 Å². The van der Waals surface area contributed by atoms with E-state index in [1.807, 2.05) is 11.4 Å². The van der Waals surface area contributed by atoms with Gasteiger partial charge < -0.3 is 5.11 Å². The number of thiophene rings is 1. The molecule has 0 aliphatic carbocycles. The van der Waals surface area contributed by atoms with Crippen molar-refractivity contribution in [2.75, 3.05) is 0 Å². The van der Waals surface area contributed by atoms with E-state index in [0.717, 1.165) is 14.9 Å². The van der Waals surface area contributed by atoms with Gasteiger partial charge in [0.2, 0.25) is 0 Å². The number of halogens is 3. The van der Waals surface area contributed by atoms with Gasteiger partial charge in [-0.1, -0.05) is 29.3 Å². The summed E-state index contributed by atoms with van der Waals surface area (Å²) in [6.07, 6.45) is -0.677. The molecule has 1 atom stereocenters. The molecule has 84 valence electrons. The summed E-state index contributed by atoms with van der Waals surface area (Å²) >= 11 is 16.6. The molecular weight excluding hydrogens is 331 g/mol. The minimum atomic E-state index is -0.677. The van der Waals surface area contributed by atoms with Crippen LogP contribution in [0, 0.1) is 0 Å². The van der Waals surface area contributed by atoms with Gasteiger partial charge >= 0.3 is 0 Å². The number of benzene rings is 1. The van der Waals surface area contributed by atoms with Crippen molar-refractivity contribution in [1.82, 2.24) is 0 Å². The molecule has 1 N–H and O–H groups in total. The average molecular weight is 338 g/mol. The number of rotatable bonds is 2. The molecule has 1 unspecified atom stereocenters. The van der Waals surface area contributed by atoms with Crippen molar-refractivity contribution < 1.29 is 5.11 Å². The zero-order valence-electron chi connectivity index (χ0n) is 7.95. The Bertz CT molecular complexity index is 512. The van der Waals surface area contributed by atoms with E-state index in [2.05, 4.69) is 15.9 Å². The van der Waals surface area contributed by atoms with E-state index in [4.69, 9.17) is 23.2 Å². The Kier molecular flexibility index (Phi) is 3.93. The Labute approximate surface area is 116 Å². The predicted octanol–water partition coefficient (Wildman–Crippen LogP) is 4.90. The molecule has 0 fully saturated rings. The van der Waals surface area contributed by atoms with Crippen LogP contribution in [-0.2, 0) is 0 Å². The summed E-state index contributed by atoms with van der Waals surface area (Å²) in [4.78, 5) is 0.860. The third-order valence-corrected chi connectivity index (χ3v) is 4.81. The van der Waals surface area contributed by atoms with E-state index < -0.39 is 6.10 Å². The van der Waals surface area contributed by atoms with Gasteiger partial charge in [-0.25, -0.2) is 0 Å². The van der Waals surface area contributed by atoms with Gasteiger partial charge in [0.05, 0.1) is 14.9 Å². The molecule has 1 heterocycles. The highest BCUT2D eigenvalue weighted by Gasteiger charge is 2.15. The highest BCUT2D eigenvalue weighted by molar-refractivity contribution is 9.10. The number of aliphatic hydroxyl groups is 1. The zero-order chi connectivity index (χ0) is 11.7. The quantitative estimate of drug-likeness (QED) is 0.826. The predicted molar refractivity (Wildman–Crippen MR) is 72.5 cm³/mol. The van der Waals surface area contributed by atoms with E-state index in [0.29, 0.717) is 10.0 Å². The first-order valence-electron chi connectivity index (χ1n) is 4.45. The maximum Gasteiger partial charge on any atom is 0.114 e. The van der Waals surface area contributed by atoms with Gasteiger partial charge in [-0.15, -0.1) is 11.3 Å². The molecule has 0 amide bonds. The van der Waals surface area contributed by atoms with Crippen LogP contribution in [0.15, 0.2) is 34.1 Å². The summed E-state index contributed by atoms with van der Waals surface area (Å²) in [5.74, 6) is 0. The molecule has 0 radical (unpaired) electrons. The van der Waals surface area contributed by atoms with Gasteiger partial charge in [-0.2, -0.15) is 0 Å². The zero-order valence-corrected chi connectivity index (χ0v) is 11.9. The molecule has 5 heteroatoms. The summed E-state index contributed by atoms with van der Waals surface area (Å²) in [6, 6.07) is 7.04. The van der Waals surface area contributed by atoms with Gasteiger partial charge in [-0.3, -0.25) is 0 Å². The van der Waals surface area contributed by atoms with E-state index in [1.165, 1.54) is 11.3 Å². The Morgan fingerprint density at radius 3 is 2.50 bits per heavy atom. The summed E-state index contributed by atoms with van der Waals surface area (Å²) in [5, 5.41) is 13.0. The molecule has 0 aliphatic rings. The number of hydrogen-bond donors (Lipinski definition) is 1. The highest BCUT2D eigenvalue weighted by Crippen LogP contribution is 2.35. The summed E-state index contributed by atoms with van der Waals surface area (Å²) in [5.41, 5.74) is 0.734. The normalized spacial score (nSPS) is 12.8. The molecule has 0 saturated carbocycles. The van der Waals surface area contributed by atoms with Crippen LogP contribution in [0.4, 0.5) is 0 Å². The Balaban J connectivity index is 2.38. The van der Waals surface area contributed by atoms with Crippen molar-refractivity contribution in [1.29, 1.82) is 0 Å². The second-order valence-electron chi connectivity index (χ2n) is 3.21. The maximum atomic E-state index is 10.2. The fourth-order valence-corrected chi connectivity index (χ4v) is 3.24. The lowest BCUT2D eigenvalue weighted by Gasteiger charge is -2.10. The van der Waals surface area contributed by atoms with E-state index in [-0.39, 0.29) is 0 Å². The first-order chi connectivity index (χ1) is 7.59. The molecular formula is C11H7BrCl2OS. The Morgan fingerprint density at radius 1 is 1.19 bits per heavy atom. The summed E-state index contributed by atoms with van der Waals surface area (Å²) in [6.45, 7) is 0. The fourth-order valence-electron chi connectivity index (χ4n) is 1.33. The molecule has 0 spiro atoms. The summed E-state index contributed by atoms with van der Waals surface area (Å²) < 4.78 is 0.899. The topological polar surface area (TPSA) is 20.2 Å². The van der Waals surface area contributed by atoms with Crippen molar-refractivity contribution in [3.63, 3.8) is 0 Å². The van der Waals surface area contributed by atoms with Crippen LogP contribution in [-0.4, -0.2) is 5.11 Å². The molecule has 0 saturated heterocycles. The monoisotopic (exact) mass is 336 g/mol. The molecule has 0 bridgehead atoms. The molecule has 1 aromatic carbocycles. The molecule has 16 heavy (non-hydrogen) atoms. The van der Waals surface area contributed by atoms with Crippen LogP contribution >= 0.6 is 50.5 Å². The lowest BCUT2D eigenvalue weighted by Crippen LogP contribution is -1.97. The lowest BCUT2D eigenvalue weighted by atomic mass is 10.1. The molecule has 2 aromatic rings. The maximum absolute atomic E-state index is 10.2. The SMILES string of the molecule is OC(c1ccc(Cl)c(Cl)c1)c1sccc1Br.